The standard InChI is InChI=1S/C5H6O4S/c6-4(5(7)8)1-2-9-3-10/h1-2,10H,3H2,(H,7,8). The van der Waals surface area contributed by atoms with E-state index < -0.39 is 11.8 Å². The maximum Gasteiger partial charge on any atom is 0.376 e. The van der Waals surface area contributed by atoms with Crippen molar-refractivity contribution in [2.45, 2.75) is 0 Å². The third kappa shape index (κ3) is 3.96. The molecule has 0 aromatic rings. The zero-order valence-corrected chi connectivity index (χ0v) is 5.88. The Kier molecular flexibility index (Phi) is 4.39. The van der Waals surface area contributed by atoms with Gasteiger partial charge in [-0.25, -0.2) is 4.79 Å². The van der Waals surface area contributed by atoms with Gasteiger partial charge in [0.2, 0.25) is 0 Å². The maximum absolute atomic E-state index is 10.2. The summed E-state index contributed by atoms with van der Waals surface area (Å²) in [6, 6.07) is 0. The molecular weight excluding hydrogens is 156 g/mol. The predicted molar refractivity (Wildman–Crippen MR) is 36.7 cm³/mol. The molecule has 0 aliphatic carbocycles. The van der Waals surface area contributed by atoms with Crippen molar-refractivity contribution in [1.82, 2.24) is 0 Å². The third-order valence-corrected chi connectivity index (χ3v) is 0.750. The van der Waals surface area contributed by atoms with Crippen molar-refractivity contribution in [3.63, 3.8) is 0 Å². The third-order valence-electron chi connectivity index (χ3n) is 0.601. The number of hydrogen-bond donors (Lipinski definition) is 2. The van der Waals surface area contributed by atoms with Gasteiger partial charge >= 0.3 is 5.97 Å². The van der Waals surface area contributed by atoms with Gasteiger partial charge in [-0.1, -0.05) is 0 Å². The second-order valence-corrected chi connectivity index (χ2v) is 1.53. The molecule has 0 bridgehead atoms. The van der Waals surface area contributed by atoms with Crippen LogP contribution in [0.1, 0.15) is 0 Å². The van der Waals surface area contributed by atoms with Crippen LogP contribution in [0.15, 0.2) is 12.3 Å². The molecule has 0 radical (unpaired) electrons. The molecule has 0 aromatic carbocycles. The first-order chi connectivity index (χ1) is 4.68. The van der Waals surface area contributed by atoms with Gasteiger partial charge in [0, 0.05) is 6.08 Å². The molecule has 0 fully saturated rings. The van der Waals surface area contributed by atoms with E-state index in [2.05, 4.69) is 17.4 Å². The average Bonchev–Trinajstić information content (AvgIpc) is 1.88. The van der Waals surface area contributed by atoms with E-state index in [0.717, 1.165) is 12.3 Å². The lowest BCUT2D eigenvalue weighted by molar-refractivity contribution is -0.146. The molecule has 0 saturated heterocycles. The first-order valence-corrected chi connectivity index (χ1v) is 2.98. The highest BCUT2D eigenvalue weighted by molar-refractivity contribution is 7.80. The second kappa shape index (κ2) is 4.87. The van der Waals surface area contributed by atoms with Crippen molar-refractivity contribution in [2.24, 2.45) is 0 Å². The molecule has 0 aliphatic heterocycles. The Labute approximate surface area is 62.9 Å². The summed E-state index contributed by atoms with van der Waals surface area (Å²) in [6.07, 6.45) is 1.81. The van der Waals surface area contributed by atoms with E-state index in [1.165, 1.54) is 0 Å². The number of carboxylic acids is 1. The molecule has 0 spiro atoms. The van der Waals surface area contributed by atoms with Crippen LogP contribution < -0.4 is 0 Å². The van der Waals surface area contributed by atoms with Gasteiger partial charge in [-0.2, -0.15) is 0 Å². The van der Waals surface area contributed by atoms with E-state index in [-0.39, 0.29) is 5.94 Å². The summed E-state index contributed by atoms with van der Waals surface area (Å²) >= 11 is 3.64. The first-order valence-electron chi connectivity index (χ1n) is 2.34. The Hall–Kier alpha value is -0.970. The minimum atomic E-state index is -1.50. The highest BCUT2D eigenvalue weighted by Gasteiger charge is 2.04. The summed E-state index contributed by atoms with van der Waals surface area (Å²) < 4.78 is 4.45. The van der Waals surface area contributed by atoms with Crippen LogP contribution in [0.4, 0.5) is 0 Å². The second-order valence-electron chi connectivity index (χ2n) is 1.27. The Morgan fingerprint density at radius 1 is 1.60 bits per heavy atom. The summed E-state index contributed by atoms with van der Waals surface area (Å²) in [7, 11) is 0. The minimum Gasteiger partial charge on any atom is -0.491 e. The number of carbonyl (C=O) groups excluding carboxylic acids is 1. The number of carboxylic acid groups (broad SMARTS) is 1. The Morgan fingerprint density at radius 3 is 2.60 bits per heavy atom. The normalized spacial score (nSPS) is 9.70. The molecule has 0 saturated carbocycles. The lowest BCUT2D eigenvalue weighted by atomic mass is 10.4. The molecule has 5 heteroatoms. The van der Waals surface area contributed by atoms with E-state index in [1.807, 2.05) is 0 Å². The number of thiol groups is 1. The molecule has 4 nitrogen and oxygen atoms in total. The monoisotopic (exact) mass is 162 g/mol. The predicted octanol–water partition coefficient (Wildman–Crippen LogP) is 0.0577. The zero-order valence-electron chi connectivity index (χ0n) is 4.98. The van der Waals surface area contributed by atoms with Crippen LogP contribution in [0, 0.1) is 0 Å². The van der Waals surface area contributed by atoms with Crippen LogP contribution in [0.5, 0.6) is 0 Å². The van der Waals surface area contributed by atoms with E-state index in [4.69, 9.17) is 5.11 Å². The molecule has 0 rings (SSSR count). The lowest BCUT2D eigenvalue weighted by Crippen LogP contribution is -2.08. The van der Waals surface area contributed by atoms with Crippen LogP contribution in [0.2, 0.25) is 0 Å². The average molecular weight is 162 g/mol. The molecule has 10 heavy (non-hydrogen) atoms. The Bertz CT molecular complexity index is 163. The first kappa shape index (κ1) is 9.03. The summed E-state index contributed by atoms with van der Waals surface area (Å²) in [5.41, 5.74) is 0. The highest BCUT2D eigenvalue weighted by atomic mass is 32.1. The van der Waals surface area contributed by atoms with Crippen molar-refractivity contribution in [3.05, 3.63) is 12.3 Å². The van der Waals surface area contributed by atoms with Gasteiger partial charge in [0.05, 0.1) is 6.26 Å². The van der Waals surface area contributed by atoms with Gasteiger partial charge in [-0.15, -0.1) is 12.6 Å². The number of carbonyl (C=O) groups is 2. The number of ketones is 1. The molecule has 0 aromatic heterocycles. The van der Waals surface area contributed by atoms with Crippen LogP contribution in [-0.2, 0) is 14.3 Å². The lowest BCUT2D eigenvalue weighted by Gasteiger charge is -1.88. The van der Waals surface area contributed by atoms with E-state index in [9.17, 15) is 9.59 Å². The van der Waals surface area contributed by atoms with Crippen LogP contribution in [0.3, 0.4) is 0 Å². The summed E-state index contributed by atoms with van der Waals surface area (Å²) in [5, 5.41) is 8.01. The van der Waals surface area contributed by atoms with Crippen molar-refractivity contribution >= 4 is 24.4 Å². The molecule has 0 atom stereocenters. The van der Waals surface area contributed by atoms with Crippen molar-refractivity contribution < 1.29 is 19.4 Å². The fourth-order valence-corrected chi connectivity index (χ4v) is 0.310. The molecule has 56 valence electrons. The number of hydrogen-bond acceptors (Lipinski definition) is 4. The number of aliphatic carboxylic acids is 1. The molecule has 0 amide bonds. The van der Waals surface area contributed by atoms with E-state index in [0.29, 0.717) is 0 Å². The fraction of sp³-hybridized carbons (Fsp3) is 0.200. The van der Waals surface area contributed by atoms with Gasteiger partial charge in [-0.3, -0.25) is 4.79 Å². The highest BCUT2D eigenvalue weighted by Crippen LogP contribution is 1.82. The van der Waals surface area contributed by atoms with E-state index in [1.54, 1.807) is 0 Å². The smallest absolute Gasteiger partial charge is 0.376 e. The topological polar surface area (TPSA) is 63.6 Å². The van der Waals surface area contributed by atoms with Gasteiger partial charge in [0.1, 0.15) is 5.94 Å². The fourth-order valence-electron chi connectivity index (χ4n) is 0.224. The van der Waals surface area contributed by atoms with Gasteiger partial charge < -0.3 is 9.84 Å². The molecule has 1 N–H and O–H groups in total. The molecular formula is C5H6O4S. The maximum atomic E-state index is 10.2. The van der Waals surface area contributed by atoms with Gasteiger partial charge in [0.15, 0.2) is 0 Å². The number of rotatable bonds is 4. The van der Waals surface area contributed by atoms with Crippen molar-refractivity contribution in [3.8, 4) is 0 Å². The zero-order chi connectivity index (χ0) is 7.98. The quantitative estimate of drug-likeness (QED) is 0.202. The van der Waals surface area contributed by atoms with E-state index >= 15 is 0 Å². The van der Waals surface area contributed by atoms with Crippen LogP contribution >= 0.6 is 12.6 Å². The number of ether oxygens (including phenoxy) is 1. The van der Waals surface area contributed by atoms with Gasteiger partial charge in [-0.05, 0) is 0 Å². The van der Waals surface area contributed by atoms with Gasteiger partial charge in [0.25, 0.3) is 5.78 Å². The summed E-state index contributed by atoms with van der Waals surface area (Å²) in [5.74, 6) is -2.40. The largest absolute Gasteiger partial charge is 0.491 e. The summed E-state index contributed by atoms with van der Waals surface area (Å²) in [4.78, 5) is 20.0. The van der Waals surface area contributed by atoms with Crippen LogP contribution in [0.25, 0.3) is 0 Å². The minimum absolute atomic E-state index is 0.114. The Morgan fingerprint density at radius 2 is 2.20 bits per heavy atom. The summed E-state index contributed by atoms with van der Waals surface area (Å²) in [6.45, 7) is 0. The van der Waals surface area contributed by atoms with Crippen LogP contribution in [-0.4, -0.2) is 22.8 Å². The molecule has 0 heterocycles. The molecule has 0 unspecified atom stereocenters. The molecule has 0 aliphatic rings. The van der Waals surface area contributed by atoms with Crippen molar-refractivity contribution in [2.75, 3.05) is 5.94 Å². The van der Waals surface area contributed by atoms with Crippen molar-refractivity contribution in [1.29, 1.82) is 0 Å². The SMILES string of the molecule is O=C(O)C(=O)C=COCS. The Balaban J connectivity index is 3.67.